The van der Waals surface area contributed by atoms with Crippen LogP contribution >= 0.6 is 15.9 Å². The van der Waals surface area contributed by atoms with Crippen molar-refractivity contribution < 1.29 is 9.13 Å². The van der Waals surface area contributed by atoms with Gasteiger partial charge >= 0.3 is 0 Å². The average molecular weight is 331 g/mol. The minimum Gasteiger partial charge on any atom is -0.374 e. The summed E-state index contributed by atoms with van der Waals surface area (Å²) in [5.41, 5.74) is 0.975. The van der Waals surface area contributed by atoms with E-state index in [1.165, 1.54) is 0 Å². The molecular weight excluding hydrogens is 311 g/mol. The molecule has 1 aliphatic heterocycles. The number of hydrogen-bond acceptors (Lipinski definition) is 3. The maximum Gasteiger partial charge on any atom is 0.137 e. The Kier molecular flexibility index (Phi) is 5.33. The maximum absolute atomic E-state index is 13.8. The van der Waals surface area contributed by atoms with Crippen molar-refractivity contribution in [3.63, 3.8) is 0 Å². The first-order chi connectivity index (χ1) is 9.17. The minimum atomic E-state index is -0.220. The quantitative estimate of drug-likeness (QED) is 0.918. The number of nitrogens with zero attached hydrogens (tertiary/aromatic N) is 1. The summed E-state index contributed by atoms with van der Waals surface area (Å²) in [5, 5.41) is 3.15. The van der Waals surface area contributed by atoms with E-state index in [2.05, 4.69) is 33.1 Å². The smallest absolute Gasteiger partial charge is 0.137 e. The molecule has 0 saturated carbocycles. The summed E-state index contributed by atoms with van der Waals surface area (Å²) in [6.07, 6.45) is 0.0549. The number of halogens is 2. The maximum atomic E-state index is 13.8. The van der Waals surface area contributed by atoms with E-state index in [1.54, 1.807) is 12.1 Å². The van der Waals surface area contributed by atoms with Crippen LogP contribution in [0.25, 0.3) is 0 Å². The van der Waals surface area contributed by atoms with Gasteiger partial charge in [-0.25, -0.2) is 4.39 Å². The van der Waals surface area contributed by atoms with E-state index in [9.17, 15) is 4.39 Å². The summed E-state index contributed by atoms with van der Waals surface area (Å²) >= 11 is 3.20. The Labute approximate surface area is 122 Å². The molecule has 0 spiro atoms. The van der Waals surface area contributed by atoms with Gasteiger partial charge in [-0.05, 0) is 47.2 Å². The fourth-order valence-corrected chi connectivity index (χ4v) is 2.88. The Bertz CT molecular complexity index is 428. The molecule has 2 unspecified atom stereocenters. The van der Waals surface area contributed by atoms with Crippen molar-refractivity contribution in [2.75, 3.05) is 33.3 Å². The van der Waals surface area contributed by atoms with Crippen molar-refractivity contribution >= 4 is 15.9 Å². The van der Waals surface area contributed by atoms with Gasteiger partial charge in [0.1, 0.15) is 5.82 Å². The molecule has 0 bridgehead atoms. The zero-order valence-electron chi connectivity index (χ0n) is 11.3. The summed E-state index contributed by atoms with van der Waals surface area (Å²) in [5.74, 6) is -0.220. The number of ether oxygens (including phenoxy) is 1. The van der Waals surface area contributed by atoms with E-state index in [1.807, 2.05) is 13.1 Å². The molecule has 1 aliphatic rings. The lowest BCUT2D eigenvalue weighted by molar-refractivity contribution is -0.0687. The third kappa shape index (κ3) is 3.34. The van der Waals surface area contributed by atoms with Gasteiger partial charge in [0, 0.05) is 13.1 Å². The van der Waals surface area contributed by atoms with Gasteiger partial charge in [-0.2, -0.15) is 0 Å². The van der Waals surface area contributed by atoms with Gasteiger partial charge in [0.2, 0.25) is 0 Å². The van der Waals surface area contributed by atoms with Crippen LogP contribution in [0.4, 0.5) is 4.39 Å². The molecule has 0 aliphatic carbocycles. The van der Waals surface area contributed by atoms with Crippen molar-refractivity contribution in [3.8, 4) is 0 Å². The van der Waals surface area contributed by atoms with Crippen LogP contribution in [0.1, 0.15) is 18.5 Å². The number of likely N-dealkylation sites (N-methyl/N-ethyl adjacent to an activating group) is 2. The first-order valence-corrected chi connectivity index (χ1v) is 7.41. The number of nitrogens with one attached hydrogen (secondary N) is 1. The topological polar surface area (TPSA) is 24.5 Å². The van der Waals surface area contributed by atoms with Gasteiger partial charge in [-0.1, -0.05) is 13.0 Å². The largest absolute Gasteiger partial charge is 0.374 e. The van der Waals surface area contributed by atoms with Gasteiger partial charge in [0.25, 0.3) is 0 Å². The van der Waals surface area contributed by atoms with Gasteiger partial charge < -0.3 is 10.1 Å². The van der Waals surface area contributed by atoms with E-state index in [-0.39, 0.29) is 18.0 Å². The van der Waals surface area contributed by atoms with Crippen molar-refractivity contribution in [3.05, 3.63) is 34.1 Å². The molecule has 1 aromatic rings. The molecule has 3 nitrogen and oxygen atoms in total. The summed E-state index contributed by atoms with van der Waals surface area (Å²) in [7, 11) is 1.91. The molecule has 2 rings (SSSR count). The molecule has 5 heteroatoms. The van der Waals surface area contributed by atoms with Crippen molar-refractivity contribution in [1.82, 2.24) is 10.2 Å². The van der Waals surface area contributed by atoms with Crippen LogP contribution in [-0.2, 0) is 4.74 Å². The van der Waals surface area contributed by atoms with Crippen LogP contribution in [-0.4, -0.2) is 44.3 Å². The molecule has 19 heavy (non-hydrogen) atoms. The highest BCUT2D eigenvalue weighted by molar-refractivity contribution is 9.10. The number of morpholine rings is 1. The molecule has 2 atom stereocenters. The Balaban J connectivity index is 2.30. The highest BCUT2D eigenvalue weighted by Gasteiger charge is 2.32. The second-order valence-corrected chi connectivity index (χ2v) is 5.57. The Morgan fingerprint density at radius 1 is 1.53 bits per heavy atom. The van der Waals surface area contributed by atoms with Crippen LogP contribution < -0.4 is 5.32 Å². The molecular formula is C14H20BrFN2O. The molecule has 0 radical (unpaired) electrons. The Morgan fingerprint density at radius 3 is 2.95 bits per heavy atom. The van der Waals surface area contributed by atoms with Gasteiger partial charge in [-0.15, -0.1) is 0 Å². The van der Waals surface area contributed by atoms with Crippen molar-refractivity contribution in [2.45, 2.75) is 19.1 Å². The second kappa shape index (κ2) is 6.79. The fourth-order valence-electron chi connectivity index (χ4n) is 2.64. The summed E-state index contributed by atoms with van der Waals surface area (Å²) in [4.78, 5) is 2.34. The Morgan fingerprint density at radius 2 is 2.32 bits per heavy atom. The first-order valence-electron chi connectivity index (χ1n) is 6.62. The van der Waals surface area contributed by atoms with Gasteiger partial charge in [-0.3, -0.25) is 4.90 Å². The fraction of sp³-hybridized carbons (Fsp3) is 0.571. The molecule has 1 N–H and O–H groups in total. The normalized spacial score (nSPS) is 24.6. The third-order valence-electron chi connectivity index (χ3n) is 3.55. The predicted molar refractivity (Wildman–Crippen MR) is 77.8 cm³/mol. The molecule has 1 heterocycles. The van der Waals surface area contributed by atoms with E-state index in [4.69, 9.17) is 4.74 Å². The first kappa shape index (κ1) is 14.9. The number of benzene rings is 1. The zero-order valence-corrected chi connectivity index (χ0v) is 12.9. The Hall–Kier alpha value is -0.490. The SMILES string of the molecule is CCN1CCOC(CNC)C1c1ccc(Br)c(F)c1. The molecule has 0 amide bonds. The highest BCUT2D eigenvalue weighted by atomic mass is 79.9. The van der Waals surface area contributed by atoms with Gasteiger partial charge in [0.15, 0.2) is 0 Å². The highest BCUT2D eigenvalue weighted by Crippen LogP contribution is 2.31. The number of hydrogen-bond donors (Lipinski definition) is 1. The van der Waals surface area contributed by atoms with Crippen LogP contribution in [0.2, 0.25) is 0 Å². The number of rotatable bonds is 4. The van der Waals surface area contributed by atoms with E-state index in [0.29, 0.717) is 4.47 Å². The molecule has 1 saturated heterocycles. The third-order valence-corrected chi connectivity index (χ3v) is 4.20. The van der Waals surface area contributed by atoms with Gasteiger partial charge in [0.05, 0.1) is 23.2 Å². The van der Waals surface area contributed by atoms with E-state index < -0.39 is 0 Å². The van der Waals surface area contributed by atoms with Crippen LogP contribution in [0, 0.1) is 5.82 Å². The van der Waals surface area contributed by atoms with Crippen molar-refractivity contribution in [1.29, 1.82) is 0 Å². The lowest BCUT2D eigenvalue weighted by Crippen LogP contribution is -2.48. The predicted octanol–water partition coefficient (Wildman–Crippen LogP) is 2.57. The van der Waals surface area contributed by atoms with Crippen LogP contribution in [0.15, 0.2) is 22.7 Å². The van der Waals surface area contributed by atoms with E-state index >= 15 is 0 Å². The lowest BCUT2D eigenvalue weighted by atomic mass is 9.97. The molecule has 106 valence electrons. The zero-order chi connectivity index (χ0) is 13.8. The molecule has 0 aromatic heterocycles. The second-order valence-electron chi connectivity index (χ2n) is 4.71. The van der Waals surface area contributed by atoms with Crippen molar-refractivity contribution in [2.24, 2.45) is 0 Å². The lowest BCUT2D eigenvalue weighted by Gasteiger charge is -2.41. The summed E-state index contributed by atoms with van der Waals surface area (Å²) in [6, 6.07) is 5.45. The average Bonchev–Trinajstić information content (AvgIpc) is 2.42. The molecule has 1 aromatic carbocycles. The summed E-state index contributed by atoms with van der Waals surface area (Å²) < 4.78 is 20.1. The van der Waals surface area contributed by atoms with Crippen LogP contribution in [0.5, 0.6) is 0 Å². The van der Waals surface area contributed by atoms with E-state index in [0.717, 1.165) is 31.8 Å². The standard InChI is InChI=1S/C14H20BrFN2O/c1-3-18-6-7-19-13(9-17-2)14(18)10-4-5-11(15)12(16)8-10/h4-5,8,13-14,17H,3,6-7,9H2,1-2H3. The monoisotopic (exact) mass is 330 g/mol. The molecule has 1 fully saturated rings. The minimum absolute atomic E-state index is 0.0549. The van der Waals surface area contributed by atoms with Crippen LogP contribution in [0.3, 0.4) is 0 Å². The summed E-state index contributed by atoms with van der Waals surface area (Å²) in [6.45, 7) is 5.45.